The lowest BCUT2D eigenvalue weighted by Gasteiger charge is -2.08. The van der Waals surface area contributed by atoms with Crippen LogP contribution >= 0.6 is 11.8 Å². The summed E-state index contributed by atoms with van der Waals surface area (Å²) in [5.74, 6) is 2.08. The lowest BCUT2D eigenvalue weighted by Crippen LogP contribution is -2.04. The predicted octanol–water partition coefficient (Wildman–Crippen LogP) is 2.05. The van der Waals surface area contributed by atoms with Crippen molar-refractivity contribution >= 4 is 17.4 Å². The molecule has 1 rings (SSSR count). The zero-order valence-electron chi connectivity index (χ0n) is 8.24. The summed E-state index contributed by atoms with van der Waals surface area (Å²) in [5.41, 5.74) is 7.41. The Kier molecular flexibility index (Phi) is 3.54. The van der Waals surface area contributed by atoms with Crippen molar-refractivity contribution in [2.75, 3.05) is 12.0 Å². The van der Waals surface area contributed by atoms with E-state index >= 15 is 0 Å². The minimum Gasteiger partial charge on any atom is -0.396 e. The molecule has 0 aliphatic rings. The number of rotatable bonds is 3. The molecule has 4 heteroatoms. The van der Waals surface area contributed by atoms with E-state index in [0.29, 0.717) is 11.6 Å². The van der Waals surface area contributed by atoms with Crippen LogP contribution in [0.5, 0.6) is 0 Å². The molecule has 1 heterocycles. The molecule has 0 saturated heterocycles. The third kappa shape index (κ3) is 2.59. The van der Waals surface area contributed by atoms with Gasteiger partial charge in [-0.2, -0.15) is 11.8 Å². The molecule has 1 aromatic rings. The summed E-state index contributed by atoms with van der Waals surface area (Å²) >= 11 is 1.72. The summed E-state index contributed by atoms with van der Waals surface area (Å²) in [6.07, 6.45) is 3.74. The molecule has 0 aliphatic carbocycles. The first-order valence-corrected chi connectivity index (χ1v) is 5.64. The first-order valence-electron chi connectivity index (χ1n) is 4.25. The van der Waals surface area contributed by atoms with Crippen molar-refractivity contribution in [3.63, 3.8) is 0 Å². The molecule has 0 saturated carbocycles. The zero-order chi connectivity index (χ0) is 9.84. The smallest absolute Gasteiger partial charge is 0.138 e. The van der Waals surface area contributed by atoms with Crippen LogP contribution in [0.25, 0.3) is 0 Å². The largest absolute Gasteiger partial charge is 0.396 e. The van der Waals surface area contributed by atoms with Crippen molar-refractivity contribution in [1.82, 2.24) is 9.97 Å². The second-order valence-corrected chi connectivity index (χ2v) is 4.08. The monoisotopic (exact) mass is 197 g/mol. The second-order valence-electron chi connectivity index (χ2n) is 3.21. The van der Waals surface area contributed by atoms with Crippen molar-refractivity contribution in [1.29, 1.82) is 0 Å². The number of thioether (sulfide) groups is 1. The predicted molar refractivity (Wildman–Crippen MR) is 57.8 cm³/mol. The van der Waals surface area contributed by atoms with E-state index < -0.39 is 0 Å². The van der Waals surface area contributed by atoms with Crippen LogP contribution < -0.4 is 5.73 Å². The fourth-order valence-corrected chi connectivity index (χ4v) is 1.50. The van der Waals surface area contributed by atoms with Crippen LogP contribution in [0.15, 0.2) is 6.20 Å². The third-order valence-electron chi connectivity index (χ3n) is 1.72. The van der Waals surface area contributed by atoms with Crippen LogP contribution in [0, 0.1) is 0 Å². The first kappa shape index (κ1) is 10.3. The Balaban J connectivity index is 2.97. The summed E-state index contributed by atoms with van der Waals surface area (Å²) in [5, 5.41) is 0. The van der Waals surface area contributed by atoms with Gasteiger partial charge >= 0.3 is 0 Å². The highest BCUT2D eigenvalue weighted by atomic mass is 32.2. The molecule has 72 valence electrons. The molecule has 0 fully saturated rings. The van der Waals surface area contributed by atoms with E-state index in [0.717, 1.165) is 17.3 Å². The van der Waals surface area contributed by atoms with Gasteiger partial charge in [-0.15, -0.1) is 0 Å². The van der Waals surface area contributed by atoms with E-state index in [1.165, 1.54) is 0 Å². The van der Waals surface area contributed by atoms with Crippen molar-refractivity contribution in [3.05, 3.63) is 17.7 Å². The summed E-state index contributed by atoms with van der Waals surface area (Å²) < 4.78 is 0. The SMILES string of the molecule is CSCc1ncc(N)c(C(C)C)n1. The van der Waals surface area contributed by atoms with Gasteiger partial charge in [-0.1, -0.05) is 13.8 Å². The molecule has 2 N–H and O–H groups in total. The third-order valence-corrected chi connectivity index (χ3v) is 2.27. The van der Waals surface area contributed by atoms with E-state index in [2.05, 4.69) is 23.8 Å². The fourth-order valence-electron chi connectivity index (χ4n) is 1.10. The number of aromatic nitrogens is 2. The molecular weight excluding hydrogens is 182 g/mol. The van der Waals surface area contributed by atoms with E-state index in [1.807, 2.05) is 6.26 Å². The molecule has 0 aromatic carbocycles. The zero-order valence-corrected chi connectivity index (χ0v) is 9.06. The molecule has 0 aliphatic heterocycles. The van der Waals surface area contributed by atoms with Crippen LogP contribution in [0.2, 0.25) is 0 Å². The van der Waals surface area contributed by atoms with Crippen LogP contribution in [0.4, 0.5) is 5.69 Å². The molecule has 0 atom stereocenters. The van der Waals surface area contributed by atoms with Gasteiger partial charge in [0.2, 0.25) is 0 Å². The first-order chi connectivity index (χ1) is 6.15. The number of hydrogen-bond acceptors (Lipinski definition) is 4. The van der Waals surface area contributed by atoms with Gasteiger partial charge in [0.05, 0.1) is 23.3 Å². The van der Waals surface area contributed by atoms with Crippen LogP contribution in [0.3, 0.4) is 0 Å². The summed E-state index contributed by atoms with van der Waals surface area (Å²) in [4.78, 5) is 8.56. The number of nitrogens with zero attached hydrogens (tertiary/aromatic N) is 2. The molecule has 0 spiro atoms. The average molecular weight is 197 g/mol. The molecule has 0 radical (unpaired) electrons. The fraction of sp³-hybridized carbons (Fsp3) is 0.556. The quantitative estimate of drug-likeness (QED) is 0.805. The number of nitrogens with two attached hydrogens (primary N) is 1. The number of hydrogen-bond donors (Lipinski definition) is 1. The van der Waals surface area contributed by atoms with Gasteiger partial charge in [0.15, 0.2) is 0 Å². The Hall–Kier alpha value is -0.770. The molecule has 0 amide bonds. The Bertz CT molecular complexity index is 286. The number of nitrogen functional groups attached to an aromatic ring is 1. The Labute approximate surface area is 83.2 Å². The van der Waals surface area contributed by atoms with E-state index in [-0.39, 0.29) is 0 Å². The highest BCUT2D eigenvalue weighted by Crippen LogP contribution is 2.18. The second kappa shape index (κ2) is 4.46. The van der Waals surface area contributed by atoms with Gasteiger partial charge in [-0.05, 0) is 12.2 Å². The summed E-state index contributed by atoms with van der Waals surface area (Å²) in [6, 6.07) is 0. The van der Waals surface area contributed by atoms with Gasteiger partial charge in [0.1, 0.15) is 5.82 Å². The maximum Gasteiger partial charge on any atom is 0.138 e. The molecule has 3 nitrogen and oxygen atoms in total. The Morgan fingerprint density at radius 2 is 2.23 bits per heavy atom. The lowest BCUT2D eigenvalue weighted by molar-refractivity contribution is 0.804. The van der Waals surface area contributed by atoms with Gasteiger partial charge in [0.25, 0.3) is 0 Å². The standard InChI is InChI=1S/C9H15N3S/c1-6(2)9-7(10)4-11-8(12-9)5-13-3/h4,6H,5,10H2,1-3H3. The number of anilines is 1. The normalized spacial score (nSPS) is 10.8. The Morgan fingerprint density at radius 3 is 2.77 bits per heavy atom. The lowest BCUT2D eigenvalue weighted by atomic mass is 10.1. The van der Waals surface area contributed by atoms with E-state index in [4.69, 9.17) is 5.73 Å². The van der Waals surface area contributed by atoms with Crippen LogP contribution in [-0.2, 0) is 5.75 Å². The maximum atomic E-state index is 5.75. The van der Waals surface area contributed by atoms with Crippen LogP contribution in [-0.4, -0.2) is 16.2 Å². The molecular formula is C9H15N3S. The maximum absolute atomic E-state index is 5.75. The molecule has 0 unspecified atom stereocenters. The minimum atomic E-state index is 0.364. The van der Waals surface area contributed by atoms with Crippen molar-refractivity contribution in [2.45, 2.75) is 25.5 Å². The van der Waals surface area contributed by atoms with Gasteiger partial charge < -0.3 is 5.73 Å². The molecule has 0 bridgehead atoms. The highest BCUT2D eigenvalue weighted by Gasteiger charge is 2.07. The van der Waals surface area contributed by atoms with E-state index in [1.54, 1.807) is 18.0 Å². The Morgan fingerprint density at radius 1 is 1.54 bits per heavy atom. The van der Waals surface area contributed by atoms with Crippen LogP contribution in [0.1, 0.15) is 31.3 Å². The highest BCUT2D eigenvalue weighted by molar-refractivity contribution is 7.97. The van der Waals surface area contributed by atoms with Gasteiger partial charge in [0, 0.05) is 0 Å². The average Bonchev–Trinajstić information content (AvgIpc) is 2.08. The summed E-state index contributed by atoms with van der Waals surface area (Å²) in [6.45, 7) is 4.17. The summed E-state index contributed by atoms with van der Waals surface area (Å²) in [7, 11) is 0. The van der Waals surface area contributed by atoms with Crippen molar-refractivity contribution in [2.24, 2.45) is 0 Å². The van der Waals surface area contributed by atoms with Crippen molar-refractivity contribution in [3.8, 4) is 0 Å². The van der Waals surface area contributed by atoms with Gasteiger partial charge in [-0.3, -0.25) is 0 Å². The minimum absolute atomic E-state index is 0.364. The van der Waals surface area contributed by atoms with E-state index in [9.17, 15) is 0 Å². The van der Waals surface area contributed by atoms with Gasteiger partial charge in [-0.25, -0.2) is 9.97 Å². The molecule has 13 heavy (non-hydrogen) atoms. The van der Waals surface area contributed by atoms with Crippen molar-refractivity contribution < 1.29 is 0 Å². The topological polar surface area (TPSA) is 51.8 Å². The molecule has 1 aromatic heterocycles.